The van der Waals surface area contributed by atoms with Crippen molar-refractivity contribution in [3.8, 4) is 0 Å². The topological polar surface area (TPSA) is 75.4 Å². The Labute approximate surface area is 129 Å². The highest BCUT2D eigenvalue weighted by atomic mass is 35.5. The molecule has 0 spiro atoms. The van der Waals surface area contributed by atoms with Crippen molar-refractivity contribution in [1.82, 2.24) is 9.62 Å². The van der Waals surface area contributed by atoms with Crippen molar-refractivity contribution in [3.63, 3.8) is 0 Å². The largest absolute Gasteiger partial charge is 0.398 e. The van der Waals surface area contributed by atoms with Crippen LogP contribution in [0.4, 0.5) is 5.69 Å². The van der Waals surface area contributed by atoms with E-state index in [-0.39, 0.29) is 21.6 Å². The number of likely N-dealkylation sites (N-methyl/N-ethyl adjacent to an activating group) is 1. The van der Waals surface area contributed by atoms with E-state index < -0.39 is 10.0 Å². The lowest BCUT2D eigenvalue weighted by Gasteiger charge is -2.30. The molecule has 0 aromatic heterocycles. The quantitative estimate of drug-likeness (QED) is 0.826. The fourth-order valence-electron chi connectivity index (χ4n) is 2.40. The summed E-state index contributed by atoms with van der Waals surface area (Å²) in [7, 11) is -1.79. The molecule has 0 amide bonds. The van der Waals surface area contributed by atoms with E-state index in [1.165, 1.54) is 12.1 Å². The van der Waals surface area contributed by atoms with E-state index in [0.29, 0.717) is 11.6 Å². The molecule has 1 aliphatic heterocycles. The number of halogens is 2. The minimum atomic E-state index is -3.75. The number of piperidine rings is 1. The molecule has 0 bridgehead atoms. The molecule has 1 atom stereocenters. The molecule has 2 rings (SSSR count). The van der Waals surface area contributed by atoms with Crippen molar-refractivity contribution >= 4 is 38.9 Å². The van der Waals surface area contributed by atoms with Crippen molar-refractivity contribution < 1.29 is 8.42 Å². The number of rotatable bonds is 3. The summed E-state index contributed by atoms with van der Waals surface area (Å²) >= 11 is 11.8. The first-order chi connectivity index (χ1) is 9.29. The Morgan fingerprint density at radius 1 is 1.40 bits per heavy atom. The number of likely N-dealkylation sites (tertiary alicyclic amines) is 1. The Morgan fingerprint density at radius 2 is 2.10 bits per heavy atom. The zero-order chi connectivity index (χ0) is 14.9. The van der Waals surface area contributed by atoms with Crippen LogP contribution in [0.5, 0.6) is 0 Å². The highest BCUT2D eigenvalue weighted by Crippen LogP contribution is 2.31. The predicted octanol–water partition coefficient (Wildman–Crippen LogP) is 1.95. The summed E-state index contributed by atoms with van der Waals surface area (Å²) in [6.07, 6.45) is 1.75. The smallest absolute Gasteiger partial charge is 0.244 e. The number of hydrogen-bond acceptors (Lipinski definition) is 4. The molecular weight excluding hydrogens is 321 g/mol. The number of nitrogens with one attached hydrogen (secondary N) is 1. The van der Waals surface area contributed by atoms with Gasteiger partial charge in [0.15, 0.2) is 0 Å². The molecule has 3 N–H and O–H groups in total. The highest BCUT2D eigenvalue weighted by molar-refractivity contribution is 7.89. The third-order valence-corrected chi connectivity index (χ3v) is 5.52. The Hall–Kier alpha value is -0.530. The molecule has 8 heteroatoms. The molecule has 0 aliphatic carbocycles. The predicted molar refractivity (Wildman–Crippen MR) is 81.7 cm³/mol. The van der Waals surface area contributed by atoms with Gasteiger partial charge in [-0.15, -0.1) is 0 Å². The SMILES string of the molecule is CN1CCCC(NS(=O)(=O)c2c(N)cc(Cl)cc2Cl)C1. The van der Waals surface area contributed by atoms with E-state index in [2.05, 4.69) is 9.62 Å². The van der Waals surface area contributed by atoms with Gasteiger partial charge in [0.2, 0.25) is 10.0 Å². The van der Waals surface area contributed by atoms with Gasteiger partial charge in [0.05, 0.1) is 10.7 Å². The van der Waals surface area contributed by atoms with E-state index in [1.54, 1.807) is 0 Å². The molecule has 1 unspecified atom stereocenters. The number of benzene rings is 1. The summed E-state index contributed by atoms with van der Waals surface area (Å²) < 4.78 is 27.5. The molecular formula is C12H17Cl2N3O2S. The Morgan fingerprint density at radius 3 is 2.70 bits per heavy atom. The van der Waals surface area contributed by atoms with Crippen molar-refractivity contribution in [3.05, 3.63) is 22.2 Å². The van der Waals surface area contributed by atoms with Gasteiger partial charge in [0.1, 0.15) is 4.90 Å². The van der Waals surface area contributed by atoms with Gasteiger partial charge in [-0.05, 0) is 38.6 Å². The van der Waals surface area contributed by atoms with Crippen LogP contribution in [-0.4, -0.2) is 39.5 Å². The van der Waals surface area contributed by atoms with Crippen LogP contribution in [0.25, 0.3) is 0 Å². The van der Waals surface area contributed by atoms with Crippen LogP contribution in [0.2, 0.25) is 10.0 Å². The maximum atomic E-state index is 12.4. The average molecular weight is 338 g/mol. The molecule has 0 radical (unpaired) electrons. The molecule has 1 aromatic carbocycles. The normalized spacial score (nSPS) is 21.1. The van der Waals surface area contributed by atoms with Crippen LogP contribution in [-0.2, 0) is 10.0 Å². The summed E-state index contributed by atoms with van der Waals surface area (Å²) in [6.45, 7) is 1.65. The molecule has 0 saturated carbocycles. The van der Waals surface area contributed by atoms with Gasteiger partial charge in [-0.3, -0.25) is 0 Å². The zero-order valence-corrected chi connectivity index (χ0v) is 13.4. The summed E-state index contributed by atoms with van der Waals surface area (Å²) in [5.41, 5.74) is 5.80. The maximum Gasteiger partial charge on any atom is 0.244 e. The second-order valence-corrected chi connectivity index (χ2v) is 7.52. The van der Waals surface area contributed by atoms with E-state index in [0.717, 1.165) is 19.4 Å². The number of nitrogens with two attached hydrogens (primary N) is 1. The van der Waals surface area contributed by atoms with E-state index in [1.807, 2.05) is 7.05 Å². The Kier molecular flexibility index (Phi) is 4.81. The van der Waals surface area contributed by atoms with Crippen LogP contribution in [0.1, 0.15) is 12.8 Å². The van der Waals surface area contributed by atoms with Crippen LogP contribution >= 0.6 is 23.2 Å². The summed E-state index contributed by atoms with van der Waals surface area (Å²) in [5.74, 6) is 0. The number of nitrogens with zero attached hydrogens (tertiary/aromatic N) is 1. The summed E-state index contributed by atoms with van der Waals surface area (Å²) in [4.78, 5) is 1.99. The van der Waals surface area contributed by atoms with Crippen molar-refractivity contribution in [2.75, 3.05) is 25.9 Å². The monoisotopic (exact) mass is 337 g/mol. The fraction of sp³-hybridized carbons (Fsp3) is 0.500. The van der Waals surface area contributed by atoms with Gasteiger partial charge in [0.25, 0.3) is 0 Å². The van der Waals surface area contributed by atoms with Crippen LogP contribution in [0.15, 0.2) is 17.0 Å². The first kappa shape index (κ1) is 15.9. The molecule has 20 heavy (non-hydrogen) atoms. The lowest BCUT2D eigenvalue weighted by Crippen LogP contribution is -2.46. The third-order valence-electron chi connectivity index (χ3n) is 3.25. The second-order valence-electron chi connectivity index (χ2n) is 5.03. The van der Waals surface area contributed by atoms with E-state index in [4.69, 9.17) is 28.9 Å². The second kappa shape index (κ2) is 6.07. The van der Waals surface area contributed by atoms with Gasteiger partial charge in [-0.25, -0.2) is 13.1 Å². The average Bonchev–Trinajstić information content (AvgIpc) is 2.25. The fourth-order valence-corrected chi connectivity index (χ4v) is 4.65. The summed E-state index contributed by atoms with van der Waals surface area (Å²) in [5, 5.41) is 0.343. The van der Waals surface area contributed by atoms with Crippen molar-refractivity contribution in [2.45, 2.75) is 23.8 Å². The minimum Gasteiger partial charge on any atom is -0.398 e. The van der Waals surface area contributed by atoms with Gasteiger partial charge in [-0.1, -0.05) is 23.2 Å². The van der Waals surface area contributed by atoms with Gasteiger partial charge in [-0.2, -0.15) is 0 Å². The zero-order valence-electron chi connectivity index (χ0n) is 11.1. The molecule has 1 aromatic rings. The van der Waals surface area contributed by atoms with Crippen LogP contribution < -0.4 is 10.5 Å². The molecule has 1 heterocycles. The number of nitrogen functional groups attached to an aromatic ring is 1. The van der Waals surface area contributed by atoms with Crippen molar-refractivity contribution in [1.29, 1.82) is 0 Å². The molecule has 112 valence electrons. The maximum absolute atomic E-state index is 12.4. The van der Waals surface area contributed by atoms with Gasteiger partial charge in [0, 0.05) is 17.6 Å². The standard InChI is InChI=1S/C12H17Cl2N3O2S/c1-17-4-2-3-9(7-17)16-20(18,19)12-10(14)5-8(13)6-11(12)15/h5-6,9,16H,2-4,7,15H2,1H3. The van der Waals surface area contributed by atoms with Gasteiger partial charge >= 0.3 is 0 Å². The summed E-state index contributed by atoms with van der Waals surface area (Å²) in [6, 6.07) is 2.63. The number of sulfonamides is 1. The van der Waals surface area contributed by atoms with Crippen LogP contribution in [0.3, 0.4) is 0 Å². The molecule has 1 aliphatic rings. The lowest BCUT2D eigenvalue weighted by atomic mass is 10.1. The van der Waals surface area contributed by atoms with Gasteiger partial charge < -0.3 is 10.6 Å². The minimum absolute atomic E-state index is 0.0339. The Balaban J connectivity index is 2.27. The first-order valence-corrected chi connectivity index (χ1v) is 8.49. The molecule has 5 nitrogen and oxygen atoms in total. The van der Waals surface area contributed by atoms with E-state index in [9.17, 15) is 8.42 Å². The Bertz CT molecular complexity index is 584. The third kappa shape index (κ3) is 3.56. The first-order valence-electron chi connectivity index (χ1n) is 6.25. The number of hydrogen-bond donors (Lipinski definition) is 2. The molecule has 1 fully saturated rings. The number of anilines is 1. The van der Waals surface area contributed by atoms with E-state index >= 15 is 0 Å². The van der Waals surface area contributed by atoms with Crippen molar-refractivity contribution in [2.24, 2.45) is 0 Å². The molecule has 1 saturated heterocycles. The highest BCUT2D eigenvalue weighted by Gasteiger charge is 2.27. The lowest BCUT2D eigenvalue weighted by molar-refractivity contribution is 0.242. The van der Waals surface area contributed by atoms with Crippen LogP contribution in [0, 0.1) is 0 Å².